The van der Waals surface area contributed by atoms with E-state index in [-0.39, 0.29) is 17.5 Å². The highest BCUT2D eigenvalue weighted by Gasteiger charge is 2.31. The lowest BCUT2D eigenvalue weighted by Gasteiger charge is -2.34. The van der Waals surface area contributed by atoms with Gasteiger partial charge in [0.05, 0.1) is 0 Å². The zero-order valence-electron chi connectivity index (χ0n) is 9.06. The number of hydrogen-bond donors (Lipinski definition) is 1. The van der Waals surface area contributed by atoms with E-state index in [2.05, 4.69) is 5.32 Å². The maximum Gasteiger partial charge on any atom is 0.133 e. The highest BCUT2D eigenvalue weighted by molar-refractivity contribution is 5.25. The highest BCUT2D eigenvalue weighted by atomic mass is 19.1. The Morgan fingerprint density at radius 1 is 1.19 bits per heavy atom. The van der Waals surface area contributed by atoms with Gasteiger partial charge in [-0.1, -0.05) is 6.42 Å². The van der Waals surface area contributed by atoms with Crippen LogP contribution in [0.1, 0.15) is 30.9 Å². The molecule has 16 heavy (non-hydrogen) atoms. The number of nitrogens with one attached hydrogen (secondary N) is 1. The Bertz CT molecular complexity index is 365. The minimum atomic E-state index is -0.873. The summed E-state index contributed by atoms with van der Waals surface area (Å²) in [4.78, 5) is 0. The third-order valence-electron chi connectivity index (χ3n) is 3.29. The summed E-state index contributed by atoms with van der Waals surface area (Å²) in [6, 6.07) is 1.12. The summed E-state index contributed by atoms with van der Waals surface area (Å²) in [5, 5.41) is 2.92. The van der Waals surface area contributed by atoms with Crippen LogP contribution >= 0.6 is 0 Å². The molecule has 2 rings (SSSR count). The molecule has 1 aliphatic carbocycles. The van der Waals surface area contributed by atoms with Crippen molar-refractivity contribution in [3.63, 3.8) is 0 Å². The Labute approximate surface area is 92.7 Å². The summed E-state index contributed by atoms with van der Waals surface area (Å²) < 4.78 is 39.9. The van der Waals surface area contributed by atoms with Gasteiger partial charge in [-0.3, -0.25) is 0 Å². The number of hydrogen-bond acceptors (Lipinski definition) is 1. The van der Waals surface area contributed by atoms with E-state index < -0.39 is 17.5 Å². The van der Waals surface area contributed by atoms with Gasteiger partial charge in [-0.15, -0.1) is 0 Å². The third kappa shape index (κ3) is 1.94. The van der Waals surface area contributed by atoms with Crippen LogP contribution in [-0.4, -0.2) is 7.05 Å². The van der Waals surface area contributed by atoms with Crippen LogP contribution in [0.4, 0.5) is 13.2 Å². The summed E-state index contributed by atoms with van der Waals surface area (Å²) in [6.07, 6.45) is 3.01. The van der Waals surface area contributed by atoms with Gasteiger partial charge in [-0.2, -0.15) is 0 Å². The van der Waals surface area contributed by atoms with Gasteiger partial charge >= 0.3 is 0 Å². The normalized spacial score (nSPS) is 18.2. The van der Waals surface area contributed by atoms with Crippen LogP contribution in [0.5, 0.6) is 0 Å². The lowest BCUT2D eigenvalue weighted by molar-refractivity contribution is 0.230. The zero-order chi connectivity index (χ0) is 11.7. The number of halogens is 3. The van der Waals surface area contributed by atoms with Crippen LogP contribution in [0.3, 0.4) is 0 Å². The van der Waals surface area contributed by atoms with Crippen molar-refractivity contribution in [2.75, 3.05) is 7.05 Å². The molecule has 0 aromatic heterocycles. The molecule has 0 aliphatic heterocycles. The summed E-state index contributed by atoms with van der Waals surface area (Å²) in [6.45, 7) is 0. The Morgan fingerprint density at radius 2 is 1.75 bits per heavy atom. The van der Waals surface area contributed by atoms with Crippen molar-refractivity contribution in [2.45, 2.75) is 25.3 Å². The molecule has 1 aromatic carbocycles. The molecule has 1 saturated carbocycles. The molecule has 88 valence electrons. The first kappa shape index (κ1) is 11.5. The predicted molar refractivity (Wildman–Crippen MR) is 55.5 cm³/mol. The predicted octanol–water partition coefficient (Wildman–Crippen LogP) is 3.16. The topological polar surface area (TPSA) is 12.0 Å². The van der Waals surface area contributed by atoms with Crippen LogP contribution in [-0.2, 0) is 0 Å². The van der Waals surface area contributed by atoms with Crippen LogP contribution in [0.25, 0.3) is 0 Å². The minimum absolute atomic E-state index is 0.0337. The SMILES string of the molecule is CNC(c1c(F)cc(F)cc1F)C1CCC1. The Balaban J connectivity index is 2.36. The van der Waals surface area contributed by atoms with Gasteiger partial charge in [-0.25, -0.2) is 13.2 Å². The first-order valence-electron chi connectivity index (χ1n) is 5.45. The van der Waals surface area contributed by atoms with Gasteiger partial charge in [0.2, 0.25) is 0 Å². The van der Waals surface area contributed by atoms with Crippen LogP contribution in [0.15, 0.2) is 12.1 Å². The molecule has 0 radical (unpaired) electrons. The first-order valence-corrected chi connectivity index (χ1v) is 5.45. The molecule has 0 spiro atoms. The van der Waals surface area contributed by atoms with Crippen molar-refractivity contribution >= 4 is 0 Å². The summed E-state index contributed by atoms with van der Waals surface area (Å²) in [5.74, 6) is -2.23. The van der Waals surface area contributed by atoms with E-state index in [0.29, 0.717) is 0 Å². The fourth-order valence-electron chi connectivity index (χ4n) is 2.24. The molecule has 1 aliphatic rings. The quantitative estimate of drug-likeness (QED) is 0.839. The monoisotopic (exact) mass is 229 g/mol. The molecule has 1 fully saturated rings. The third-order valence-corrected chi connectivity index (χ3v) is 3.29. The van der Waals surface area contributed by atoms with Crippen LogP contribution < -0.4 is 5.32 Å². The molecule has 1 unspecified atom stereocenters. The van der Waals surface area contributed by atoms with Crippen LogP contribution in [0.2, 0.25) is 0 Å². The number of benzene rings is 1. The van der Waals surface area contributed by atoms with E-state index in [9.17, 15) is 13.2 Å². The maximum atomic E-state index is 13.5. The highest BCUT2D eigenvalue weighted by Crippen LogP contribution is 2.39. The second kappa shape index (κ2) is 4.45. The van der Waals surface area contributed by atoms with Gasteiger partial charge in [0.25, 0.3) is 0 Å². The second-order valence-electron chi connectivity index (χ2n) is 4.24. The smallest absolute Gasteiger partial charge is 0.133 e. The number of rotatable bonds is 3. The Kier molecular flexibility index (Phi) is 3.19. The molecular formula is C12H14F3N. The van der Waals surface area contributed by atoms with Crippen molar-refractivity contribution in [1.82, 2.24) is 5.32 Å². The van der Waals surface area contributed by atoms with Gasteiger partial charge in [-0.05, 0) is 25.8 Å². The fraction of sp³-hybridized carbons (Fsp3) is 0.500. The Hall–Kier alpha value is -1.03. The first-order chi connectivity index (χ1) is 7.63. The fourth-order valence-corrected chi connectivity index (χ4v) is 2.24. The lowest BCUT2D eigenvalue weighted by atomic mass is 9.77. The molecule has 4 heteroatoms. The summed E-state index contributed by atoms with van der Waals surface area (Å²) >= 11 is 0. The van der Waals surface area contributed by atoms with Crippen LogP contribution in [0, 0.1) is 23.4 Å². The van der Waals surface area contributed by atoms with Gasteiger partial charge in [0, 0.05) is 23.7 Å². The Morgan fingerprint density at radius 3 is 2.12 bits per heavy atom. The van der Waals surface area contributed by atoms with E-state index in [1.165, 1.54) is 0 Å². The standard InChI is InChI=1S/C12H14F3N/c1-16-12(7-3-2-4-7)11-9(14)5-8(13)6-10(11)15/h5-7,12,16H,2-4H2,1H3. The second-order valence-corrected chi connectivity index (χ2v) is 4.24. The van der Waals surface area contributed by atoms with E-state index in [4.69, 9.17) is 0 Å². The van der Waals surface area contributed by atoms with E-state index >= 15 is 0 Å². The average molecular weight is 229 g/mol. The largest absolute Gasteiger partial charge is 0.313 e. The molecule has 1 atom stereocenters. The summed E-state index contributed by atoms with van der Waals surface area (Å²) in [7, 11) is 1.67. The molecule has 0 amide bonds. The molecule has 1 N–H and O–H groups in total. The van der Waals surface area contributed by atoms with Gasteiger partial charge in [0.1, 0.15) is 17.5 Å². The van der Waals surface area contributed by atoms with Gasteiger partial charge in [0.15, 0.2) is 0 Å². The minimum Gasteiger partial charge on any atom is -0.313 e. The molecular weight excluding hydrogens is 215 g/mol. The van der Waals surface area contributed by atoms with Gasteiger partial charge < -0.3 is 5.32 Å². The molecule has 0 bridgehead atoms. The van der Waals surface area contributed by atoms with E-state index in [1.807, 2.05) is 0 Å². The van der Waals surface area contributed by atoms with Crippen molar-refractivity contribution < 1.29 is 13.2 Å². The molecule has 1 nitrogen and oxygen atoms in total. The lowest BCUT2D eigenvalue weighted by Crippen LogP contribution is -2.31. The van der Waals surface area contributed by atoms with Crippen molar-refractivity contribution in [3.8, 4) is 0 Å². The average Bonchev–Trinajstić information content (AvgIpc) is 2.11. The summed E-state index contributed by atoms with van der Waals surface area (Å²) in [5.41, 5.74) is -0.0337. The maximum absolute atomic E-state index is 13.5. The molecule has 1 aromatic rings. The van der Waals surface area contributed by atoms with Crippen molar-refractivity contribution in [1.29, 1.82) is 0 Å². The zero-order valence-corrected chi connectivity index (χ0v) is 9.06. The van der Waals surface area contributed by atoms with Crippen molar-refractivity contribution in [3.05, 3.63) is 35.1 Å². The molecule has 0 heterocycles. The van der Waals surface area contributed by atoms with Crippen molar-refractivity contribution in [2.24, 2.45) is 5.92 Å². The van der Waals surface area contributed by atoms with E-state index in [0.717, 1.165) is 31.4 Å². The molecule has 0 saturated heterocycles. The van der Waals surface area contributed by atoms with E-state index in [1.54, 1.807) is 7.05 Å².